The molecule has 152 valence electrons. The summed E-state index contributed by atoms with van der Waals surface area (Å²) in [5, 5.41) is 2.35. The molecule has 2 aliphatic carbocycles. The first-order valence-corrected chi connectivity index (χ1v) is 11.2. The third kappa shape index (κ3) is 2.34. The number of benzene rings is 4. The van der Waals surface area contributed by atoms with Crippen molar-refractivity contribution < 1.29 is 4.42 Å². The van der Waals surface area contributed by atoms with Gasteiger partial charge in [0.05, 0.1) is 0 Å². The molecule has 2 aliphatic rings. The minimum absolute atomic E-state index is 0.0948. The van der Waals surface area contributed by atoms with Gasteiger partial charge in [-0.2, -0.15) is 0 Å². The van der Waals surface area contributed by atoms with Crippen molar-refractivity contribution in [3.05, 3.63) is 126 Å². The summed E-state index contributed by atoms with van der Waals surface area (Å²) in [6, 6.07) is 32.6. The molecule has 4 aromatic carbocycles. The Balaban J connectivity index is 1.43. The minimum atomic E-state index is -0.0948. The minimum Gasteiger partial charge on any atom is -0.456 e. The molecule has 0 spiro atoms. The van der Waals surface area contributed by atoms with Crippen LogP contribution in [0.1, 0.15) is 29.5 Å². The largest absolute Gasteiger partial charge is 0.456 e. The summed E-state index contributed by atoms with van der Waals surface area (Å²) < 4.78 is 6.05. The summed E-state index contributed by atoms with van der Waals surface area (Å²) in [4.78, 5) is 0. The molecule has 1 heterocycles. The van der Waals surface area contributed by atoms with Crippen molar-refractivity contribution in [2.45, 2.75) is 18.3 Å². The number of hydrogen-bond donors (Lipinski definition) is 0. The molecule has 0 saturated carbocycles. The van der Waals surface area contributed by atoms with Crippen LogP contribution in [0.5, 0.6) is 0 Å². The van der Waals surface area contributed by atoms with Crippen LogP contribution in [-0.2, 0) is 5.41 Å². The van der Waals surface area contributed by atoms with Crippen LogP contribution < -0.4 is 0 Å². The number of fused-ring (bicyclic) bond motifs is 9. The molecule has 2 atom stereocenters. The number of hydrogen-bond acceptors (Lipinski definition) is 1. The molecule has 0 fully saturated rings. The van der Waals surface area contributed by atoms with Crippen molar-refractivity contribution in [1.82, 2.24) is 0 Å². The lowest BCUT2D eigenvalue weighted by Crippen LogP contribution is -2.33. The summed E-state index contributed by atoms with van der Waals surface area (Å²) in [5.74, 6) is 0.329. The first-order chi connectivity index (χ1) is 15.7. The van der Waals surface area contributed by atoms with Gasteiger partial charge in [0.15, 0.2) is 0 Å². The maximum Gasteiger partial charge on any atom is 0.135 e. The van der Waals surface area contributed by atoms with Crippen molar-refractivity contribution in [2.75, 3.05) is 0 Å². The maximum absolute atomic E-state index is 6.05. The third-order valence-electron chi connectivity index (χ3n) is 7.37. The van der Waals surface area contributed by atoms with Gasteiger partial charge in [-0.3, -0.25) is 0 Å². The summed E-state index contributed by atoms with van der Waals surface area (Å²) in [6.45, 7) is 2.39. The number of para-hydroxylation sites is 1. The SMILES string of the molecule is CC12C=C(c3ccc4oc5ccccc5c4c3)C=CC1c1ccccc1-c1ccccc12. The van der Waals surface area contributed by atoms with Crippen LogP contribution in [0, 0.1) is 0 Å². The molecule has 0 bridgehead atoms. The first-order valence-electron chi connectivity index (χ1n) is 11.2. The van der Waals surface area contributed by atoms with Crippen molar-refractivity contribution >= 4 is 27.5 Å². The number of furan rings is 1. The lowest BCUT2D eigenvalue weighted by molar-refractivity contribution is 0.521. The highest BCUT2D eigenvalue weighted by Gasteiger charge is 2.42. The van der Waals surface area contributed by atoms with E-state index in [2.05, 4.69) is 104 Å². The maximum atomic E-state index is 6.05. The van der Waals surface area contributed by atoms with Crippen LogP contribution in [0.25, 0.3) is 38.6 Å². The van der Waals surface area contributed by atoms with Gasteiger partial charge >= 0.3 is 0 Å². The zero-order valence-electron chi connectivity index (χ0n) is 17.9. The zero-order chi connectivity index (χ0) is 21.3. The van der Waals surface area contributed by atoms with E-state index in [-0.39, 0.29) is 5.41 Å². The van der Waals surface area contributed by atoms with Gasteiger partial charge in [-0.05, 0) is 51.6 Å². The van der Waals surface area contributed by atoms with E-state index < -0.39 is 0 Å². The molecule has 0 radical (unpaired) electrons. The number of rotatable bonds is 1. The standard InChI is InChI=1S/C31H22O/c1-31-19-21(20-15-17-30-26(18-20)25-11-5-7-13-29(25)32-30)14-16-28(31)24-9-3-2-8-22(24)23-10-4-6-12-27(23)31/h2-19,28H,1H3. The van der Waals surface area contributed by atoms with Gasteiger partial charge in [0.2, 0.25) is 0 Å². The van der Waals surface area contributed by atoms with Gasteiger partial charge in [-0.25, -0.2) is 0 Å². The monoisotopic (exact) mass is 410 g/mol. The fourth-order valence-electron chi connectivity index (χ4n) is 5.82. The Hall–Kier alpha value is -3.84. The van der Waals surface area contributed by atoms with Crippen LogP contribution in [0.15, 0.2) is 114 Å². The molecular weight excluding hydrogens is 388 g/mol. The van der Waals surface area contributed by atoms with Crippen molar-refractivity contribution in [1.29, 1.82) is 0 Å². The van der Waals surface area contributed by atoms with Crippen molar-refractivity contribution in [3.8, 4) is 11.1 Å². The summed E-state index contributed by atoms with van der Waals surface area (Å²) >= 11 is 0. The van der Waals surface area contributed by atoms with Gasteiger partial charge in [-0.15, -0.1) is 0 Å². The molecule has 0 N–H and O–H groups in total. The Morgan fingerprint density at radius 2 is 1.47 bits per heavy atom. The zero-order valence-corrected chi connectivity index (χ0v) is 17.9. The van der Waals surface area contributed by atoms with E-state index >= 15 is 0 Å². The predicted molar refractivity (Wildman–Crippen MR) is 133 cm³/mol. The third-order valence-corrected chi connectivity index (χ3v) is 7.37. The molecule has 7 rings (SSSR count). The second-order valence-electron chi connectivity index (χ2n) is 9.16. The Morgan fingerprint density at radius 3 is 2.41 bits per heavy atom. The lowest BCUT2D eigenvalue weighted by atomic mass is 9.60. The molecule has 5 aromatic rings. The second-order valence-corrected chi connectivity index (χ2v) is 9.16. The van der Waals surface area contributed by atoms with Crippen LogP contribution >= 0.6 is 0 Å². The molecule has 1 heteroatoms. The van der Waals surface area contributed by atoms with Gasteiger partial charge < -0.3 is 4.42 Å². The van der Waals surface area contributed by atoms with E-state index in [1.54, 1.807) is 0 Å². The second kappa shape index (κ2) is 6.34. The van der Waals surface area contributed by atoms with E-state index in [0.717, 1.165) is 11.2 Å². The predicted octanol–water partition coefficient (Wildman–Crippen LogP) is 8.26. The van der Waals surface area contributed by atoms with Gasteiger partial charge in [-0.1, -0.05) is 97.9 Å². The molecular formula is C31H22O. The molecule has 32 heavy (non-hydrogen) atoms. The molecule has 1 nitrogen and oxygen atoms in total. The lowest BCUT2D eigenvalue weighted by Gasteiger charge is -2.43. The van der Waals surface area contributed by atoms with E-state index in [4.69, 9.17) is 4.42 Å². The highest BCUT2D eigenvalue weighted by atomic mass is 16.3. The van der Waals surface area contributed by atoms with Gasteiger partial charge in [0.1, 0.15) is 11.2 Å². The van der Waals surface area contributed by atoms with Crippen molar-refractivity contribution in [2.24, 2.45) is 0 Å². The topological polar surface area (TPSA) is 13.1 Å². The summed E-state index contributed by atoms with van der Waals surface area (Å²) in [7, 11) is 0. The van der Waals surface area contributed by atoms with Crippen LogP contribution in [0.2, 0.25) is 0 Å². The van der Waals surface area contributed by atoms with Crippen LogP contribution in [-0.4, -0.2) is 0 Å². The highest BCUT2D eigenvalue weighted by Crippen LogP contribution is 2.54. The van der Waals surface area contributed by atoms with Crippen LogP contribution in [0.3, 0.4) is 0 Å². The quantitative estimate of drug-likeness (QED) is 0.271. The Kier molecular flexibility index (Phi) is 3.52. The fourth-order valence-corrected chi connectivity index (χ4v) is 5.82. The summed E-state index contributed by atoms with van der Waals surface area (Å²) in [5.41, 5.74) is 9.82. The smallest absolute Gasteiger partial charge is 0.135 e. The normalized spacial score (nSPS) is 21.2. The average Bonchev–Trinajstić information content (AvgIpc) is 3.22. The van der Waals surface area contributed by atoms with Crippen LogP contribution in [0.4, 0.5) is 0 Å². The average molecular weight is 411 g/mol. The van der Waals surface area contributed by atoms with E-state index in [9.17, 15) is 0 Å². The molecule has 0 amide bonds. The Labute approximate surface area is 187 Å². The van der Waals surface area contributed by atoms with E-state index in [1.165, 1.54) is 44.2 Å². The number of allylic oxidation sites excluding steroid dienone is 4. The molecule has 1 aromatic heterocycles. The van der Waals surface area contributed by atoms with Crippen molar-refractivity contribution in [3.63, 3.8) is 0 Å². The van der Waals surface area contributed by atoms with E-state index in [1.807, 2.05) is 12.1 Å². The molecule has 2 unspecified atom stereocenters. The van der Waals surface area contributed by atoms with Gasteiger partial charge in [0, 0.05) is 22.1 Å². The molecule has 0 saturated heterocycles. The molecule has 0 aliphatic heterocycles. The highest BCUT2D eigenvalue weighted by molar-refractivity contribution is 6.06. The first kappa shape index (κ1) is 17.8. The Bertz CT molecular complexity index is 1600. The fraction of sp³-hybridized carbons (Fsp3) is 0.0968. The van der Waals surface area contributed by atoms with E-state index in [0.29, 0.717) is 5.92 Å². The van der Waals surface area contributed by atoms with Gasteiger partial charge in [0.25, 0.3) is 0 Å². The summed E-state index contributed by atoms with van der Waals surface area (Å²) in [6.07, 6.45) is 7.19. The Morgan fingerprint density at radius 1 is 0.719 bits per heavy atom.